The number of halogens is 3. The first-order valence-corrected chi connectivity index (χ1v) is 10.8. The van der Waals surface area contributed by atoms with Crippen LogP contribution in [0.15, 0.2) is 40.9 Å². The SMILES string of the molecule is CCOc1cc(CNCCCOC(C)C)cc(Br)c1OCc1ccc(Cl)cc1.Cl. The monoisotopic (exact) mass is 505 g/mol. The fourth-order valence-corrected chi connectivity index (χ4v) is 3.34. The van der Waals surface area contributed by atoms with Crippen LogP contribution in [0.4, 0.5) is 0 Å². The third-order valence-electron chi connectivity index (χ3n) is 3.94. The van der Waals surface area contributed by atoms with E-state index in [2.05, 4.69) is 41.2 Å². The molecule has 0 unspecified atom stereocenters. The van der Waals surface area contributed by atoms with Crippen LogP contribution in [-0.2, 0) is 17.9 Å². The van der Waals surface area contributed by atoms with Crippen molar-refractivity contribution in [2.45, 2.75) is 46.4 Å². The molecule has 0 saturated heterocycles. The lowest BCUT2D eigenvalue weighted by atomic mass is 10.2. The maximum Gasteiger partial charge on any atom is 0.175 e. The molecule has 0 aliphatic carbocycles. The van der Waals surface area contributed by atoms with Crippen LogP contribution in [0.25, 0.3) is 0 Å². The molecule has 2 aromatic carbocycles. The van der Waals surface area contributed by atoms with Gasteiger partial charge in [0.2, 0.25) is 0 Å². The molecule has 0 aliphatic rings. The Labute approximate surface area is 193 Å². The molecular formula is C22H30BrCl2NO3. The average molecular weight is 507 g/mol. The minimum Gasteiger partial charge on any atom is -0.490 e. The highest BCUT2D eigenvalue weighted by Gasteiger charge is 2.13. The van der Waals surface area contributed by atoms with Crippen molar-refractivity contribution < 1.29 is 14.2 Å². The van der Waals surface area contributed by atoms with Crippen molar-refractivity contribution >= 4 is 39.9 Å². The molecule has 2 aromatic rings. The average Bonchev–Trinajstić information content (AvgIpc) is 2.65. The summed E-state index contributed by atoms with van der Waals surface area (Å²) in [6.45, 7) is 9.54. The lowest BCUT2D eigenvalue weighted by Gasteiger charge is -2.16. The van der Waals surface area contributed by atoms with E-state index in [1.807, 2.05) is 37.3 Å². The summed E-state index contributed by atoms with van der Waals surface area (Å²) < 4.78 is 18.3. The van der Waals surface area contributed by atoms with Gasteiger partial charge in [-0.15, -0.1) is 12.4 Å². The summed E-state index contributed by atoms with van der Waals surface area (Å²) in [6.07, 6.45) is 1.27. The molecule has 0 atom stereocenters. The Kier molecular flexibility index (Phi) is 12.7. The Hall–Kier alpha value is -0.980. The summed E-state index contributed by atoms with van der Waals surface area (Å²) in [5.41, 5.74) is 2.19. The standard InChI is InChI=1S/C22H29BrClNO3.ClH/c1-4-26-21-13-18(14-25-10-5-11-27-16(2)3)12-20(23)22(21)28-15-17-6-8-19(24)9-7-17;/h6-9,12-13,16,25H,4-5,10-11,14-15H2,1-3H3;1H. The summed E-state index contributed by atoms with van der Waals surface area (Å²) in [5.74, 6) is 1.46. The highest BCUT2D eigenvalue weighted by molar-refractivity contribution is 9.10. The maximum absolute atomic E-state index is 6.03. The predicted octanol–water partition coefficient (Wildman–Crippen LogP) is 6.41. The zero-order valence-corrected chi connectivity index (χ0v) is 20.3. The molecule has 29 heavy (non-hydrogen) atoms. The molecule has 1 N–H and O–H groups in total. The van der Waals surface area contributed by atoms with Crippen molar-refractivity contribution in [1.29, 1.82) is 0 Å². The van der Waals surface area contributed by atoms with Crippen molar-refractivity contribution in [3.8, 4) is 11.5 Å². The second kappa shape index (κ2) is 14.1. The molecule has 0 aromatic heterocycles. The molecule has 4 nitrogen and oxygen atoms in total. The minimum absolute atomic E-state index is 0. The van der Waals surface area contributed by atoms with Crippen molar-refractivity contribution in [1.82, 2.24) is 5.32 Å². The first-order valence-electron chi connectivity index (χ1n) is 9.64. The molecule has 0 bridgehead atoms. The van der Waals surface area contributed by atoms with Crippen molar-refractivity contribution in [2.75, 3.05) is 19.8 Å². The number of ether oxygens (including phenoxy) is 3. The molecule has 0 radical (unpaired) electrons. The van der Waals surface area contributed by atoms with E-state index in [-0.39, 0.29) is 18.5 Å². The number of nitrogens with one attached hydrogen (secondary N) is 1. The zero-order valence-electron chi connectivity index (χ0n) is 17.2. The van der Waals surface area contributed by atoms with Crippen LogP contribution < -0.4 is 14.8 Å². The molecule has 0 aliphatic heterocycles. The Balaban J connectivity index is 0.00000420. The summed E-state index contributed by atoms with van der Waals surface area (Å²) in [7, 11) is 0. The second-order valence-corrected chi connectivity index (χ2v) is 7.99. The van der Waals surface area contributed by atoms with Gasteiger partial charge in [0.15, 0.2) is 11.5 Å². The zero-order chi connectivity index (χ0) is 20.4. The van der Waals surface area contributed by atoms with Gasteiger partial charge in [0.05, 0.1) is 17.2 Å². The van der Waals surface area contributed by atoms with E-state index in [0.29, 0.717) is 24.0 Å². The van der Waals surface area contributed by atoms with E-state index in [4.69, 9.17) is 25.8 Å². The van der Waals surface area contributed by atoms with Gasteiger partial charge < -0.3 is 19.5 Å². The van der Waals surface area contributed by atoms with Gasteiger partial charge in [-0.25, -0.2) is 0 Å². The van der Waals surface area contributed by atoms with Gasteiger partial charge >= 0.3 is 0 Å². The van der Waals surface area contributed by atoms with Crippen molar-refractivity contribution in [3.05, 3.63) is 57.0 Å². The Morgan fingerprint density at radius 2 is 1.79 bits per heavy atom. The Morgan fingerprint density at radius 1 is 1.07 bits per heavy atom. The van der Waals surface area contributed by atoms with Crippen LogP contribution in [0.2, 0.25) is 5.02 Å². The van der Waals surface area contributed by atoms with Crippen molar-refractivity contribution in [2.24, 2.45) is 0 Å². The van der Waals surface area contributed by atoms with Gasteiger partial charge in [-0.1, -0.05) is 23.7 Å². The van der Waals surface area contributed by atoms with Crippen LogP contribution >= 0.6 is 39.9 Å². The molecule has 0 fully saturated rings. The molecule has 0 saturated carbocycles. The third-order valence-corrected chi connectivity index (χ3v) is 4.78. The predicted molar refractivity (Wildman–Crippen MR) is 126 cm³/mol. The van der Waals surface area contributed by atoms with Crippen LogP contribution in [0.1, 0.15) is 38.3 Å². The van der Waals surface area contributed by atoms with E-state index >= 15 is 0 Å². The minimum atomic E-state index is 0. The summed E-state index contributed by atoms with van der Waals surface area (Å²) >= 11 is 9.57. The number of benzene rings is 2. The van der Waals surface area contributed by atoms with E-state index < -0.39 is 0 Å². The number of hydrogen-bond acceptors (Lipinski definition) is 4. The van der Waals surface area contributed by atoms with E-state index in [1.54, 1.807) is 0 Å². The van der Waals surface area contributed by atoms with Gasteiger partial charge in [0, 0.05) is 18.2 Å². The quantitative estimate of drug-likeness (QED) is 0.338. The molecule has 0 heterocycles. The smallest absolute Gasteiger partial charge is 0.175 e. The molecule has 7 heteroatoms. The van der Waals surface area contributed by atoms with Crippen molar-refractivity contribution in [3.63, 3.8) is 0 Å². The molecule has 2 rings (SSSR count). The van der Waals surface area contributed by atoms with E-state index in [1.165, 1.54) is 0 Å². The lowest BCUT2D eigenvalue weighted by molar-refractivity contribution is 0.0770. The van der Waals surface area contributed by atoms with Gasteiger partial charge in [-0.05, 0) is 85.1 Å². The molecule has 0 spiro atoms. The second-order valence-electron chi connectivity index (χ2n) is 6.70. The third kappa shape index (κ3) is 9.58. The molecular weight excluding hydrogens is 477 g/mol. The number of rotatable bonds is 12. The van der Waals surface area contributed by atoms with Gasteiger partial charge in [-0.3, -0.25) is 0 Å². The molecule has 162 valence electrons. The first kappa shape index (κ1) is 26.1. The largest absolute Gasteiger partial charge is 0.490 e. The fourth-order valence-electron chi connectivity index (χ4n) is 2.61. The first-order chi connectivity index (χ1) is 13.5. The van der Waals surface area contributed by atoms with Crippen LogP contribution in [-0.4, -0.2) is 25.9 Å². The summed E-state index contributed by atoms with van der Waals surface area (Å²) in [6, 6.07) is 11.7. The Bertz CT molecular complexity index is 727. The highest BCUT2D eigenvalue weighted by Crippen LogP contribution is 2.37. The van der Waals surface area contributed by atoms with Gasteiger partial charge in [-0.2, -0.15) is 0 Å². The molecule has 0 amide bonds. The van der Waals surface area contributed by atoms with E-state index in [9.17, 15) is 0 Å². The van der Waals surface area contributed by atoms with Gasteiger partial charge in [0.25, 0.3) is 0 Å². The maximum atomic E-state index is 6.03. The lowest BCUT2D eigenvalue weighted by Crippen LogP contribution is -2.17. The fraction of sp³-hybridized carbons (Fsp3) is 0.455. The summed E-state index contributed by atoms with van der Waals surface area (Å²) in [5, 5.41) is 4.16. The normalized spacial score (nSPS) is 10.7. The summed E-state index contributed by atoms with van der Waals surface area (Å²) in [4.78, 5) is 0. The van der Waals surface area contributed by atoms with Crippen LogP contribution in [0, 0.1) is 0 Å². The highest BCUT2D eigenvalue weighted by atomic mass is 79.9. The van der Waals surface area contributed by atoms with Crippen LogP contribution in [0.3, 0.4) is 0 Å². The topological polar surface area (TPSA) is 39.7 Å². The Morgan fingerprint density at radius 3 is 2.45 bits per heavy atom. The van der Waals surface area contributed by atoms with Gasteiger partial charge in [0.1, 0.15) is 6.61 Å². The number of hydrogen-bond donors (Lipinski definition) is 1. The van der Waals surface area contributed by atoms with E-state index in [0.717, 1.165) is 47.5 Å². The van der Waals surface area contributed by atoms with Crippen LogP contribution in [0.5, 0.6) is 11.5 Å².